The number of sulfonamides is 1. The zero-order chi connectivity index (χ0) is 18.4. The molecule has 0 aliphatic heterocycles. The maximum Gasteiger partial charge on any atom is 0.243 e. The lowest BCUT2D eigenvalue weighted by Gasteiger charge is -2.29. The van der Waals surface area contributed by atoms with Crippen LogP contribution in [0.3, 0.4) is 0 Å². The number of benzene rings is 2. The second-order valence-corrected chi connectivity index (χ2v) is 8.75. The largest absolute Gasteiger partial charge is 0.243 e. The van der Waals surface area contributed by atoms with E-state index in [0.29, 0.717) is 22.4 Å². The van der Waals surface area contributed by atoms with Gasteiger partial charge in [0, 0.05) is 17.6 Å². The summed E-state index contributed by atoms with van der Waals surface area (Å²) < 4.78 is 27.8. The molecule has 0 heterocycles. The van der Waals surface area contributed by atoms with Gasteiger partial charge in [0.05, 0.1) is 4.90 Å². The Balaban J connectivity index is 2.19. The van der Waals surface area contributed by atoms with Crippen LogP contribution < -0.4 is 0 Å². The SMILES string of the molecule is CC[C@H](C)N(CC[C@H](C)c1ccccc1)S(=O)(=O)c1ccc(Cl)cc1. The standard InChI is InChI=1S/C20H26ClNO2S/c1-4-17(3)22(15-14-16(2)18-8-6-5-7-9-18)25(23,24)20-12-10-19(21)11-13-20/h5-13,16-17H,4,14-15H2,1-3H3/t16-,17-/m0/s1. The Morgan fingerprint density at radius 1 is 1.00 bits per heavy atom. The van der Waals surface area contributed by atoms with Crippen molar-refractivity contribution < 1.29 is 8.42 Å². The van der Waals surface area contributed by atoms with Gasteiger partial charge in [0.2, 0.25) is 10.0 Å². The lowest BCUT2D eigenvalue weighted by atomic mass is 9.98. The van der Waals surface area contributed by atoms with E-state index in [-0.39, 0.29) is 6.04 Å². The first kappa shape index (κ1) is 20.0. The highest BCUT2D eigenvalue weighted by Gasteiger charge is 2.28. The van der Waals surface area contributed by atoms with Crippen LogP contribution in [0.15, 0.2) is 59.5 Å². The zero-order valence-corrected chi connectivity index (χ0v) is 16.6. The Hall–Kier alpha value is -1.36. The van der Waals surface area contributed by atoms with Crippen LogP contribution in [0.25, 0.3) is 0 Å². The van der Waals surface area contributed by atoms with Crippen LogP contribution in [0, 0.1) is 0 Å². The third kappa shape index (κ3) is 5.06. The van der Waals surface area contributed by atoms with Gasteiger partial charge in [-0.1, -0.05) is 55.8 Å². The molecule has 0 bridgehead atoms. The van der Waals surface area contributed by atoms with Gasteiger partial charge >= 0.3 is 0 Å². The summed E-state index contributed by atoms with van der Waals surface area (Å²) in [7, 11) is -3.53. The first-order chi connectivity index (χ1) is 11.9. The van der Waals surface area contributed by atoms with Crippen molar-refractivity contribution in [1.29, 1.82) is 0 Å². The van der Waals surface area contributed by atoms with E-state index in [9.17, 15) is 8.42 Å². The van der Waals surface area contributed by atoms with Crippen molar-refractivity contribution in [2.45, 2.75) is 50.5 Å². The molecule has 0 N–H and O–H groups in total. The first-order valence-corrected chi connectivity index (χ1v) is 10.5. The van der Waals surface area contributed by atoms with Crippen LogP contribution in [0.4, 0.5) is 0 Å². The van der Waals surface area contributed by atoms with E-state index in [4.69, 9.17) is 11.6 Å². The van der Waals surface area contributed by atoms with Crippen molar-refractivity contribution in [3.05, 3.63) is 65.2 Å². The van der Waals surface area contributed by atoms with Crippen LogP contribution in [0.1, 0.15) is 45.1 Å². The van der Waals surface area contributed by atoms with Gasteiger partial charge in [0.1, 0.15) is 0 Å². The number of rotatable bonds is 8. The molecule has 0 aliphatic rings. The lowest BCUT2D eigenvalue weighted by Crippen LogP contribution is -2.39. The fraction of sp³-hybridized carbons (Fsp3) is 0.400. The Kier molecular flexibility index (Phi) is 7.05. The fourth-order valence-corrected chi connectivity index (χ4v) is 4.64. The van der Waals surface area contributed by atoms with Gasteiger partial charge in [-0.05, 0) is 55.5 Å². The summed E-state index contributed by atoms with van der Waals surface area (Å²) in [6.07, 6.45) is 1.55. The Labute approximate surface area is 156 Å². The van der Waals surface area contributed by atoms with Crippen molar-refractivity contribution in [2.24, 2.45) is 0 Å². The highest BCUT2D eigenvalue weighted by Crippen LogP contribution is 2.25. The average Bonchev–Trinajstić information content (AvgIpc) is 2.62. The Morgan fingerprint density at radius 3 is 2.16 bits per heavy atom. The summed E-state index contributed by atoms with van der Waals surface area (Å²) in [5.74, 6) is 0.299. The molecule has 2 rings (SSSR count). The van der Waals surface area contributed by atoms with Crippen molar-refractivity contribution >= 4 is 21.6 Å². The van der Waals surface area contributed by atoms with E-state index in [1.165, 1.54) is 5.56 Å². The molecule has 5 heteroatoms. The summed E-state index contributed by atoms with van der Waals surface area (Å²) >= 11 is 5.89. The summed E-state index contributed by atoms with van der Waals surface area (Å²) in [4.78, 5) is 0.296. The van der Waals surface area contributed by atoms with Gasteiger partial charge in [0.25, 0.3) is 0 Å². The molecule has 0 radical (unpaired) electrons. The van der Waals surface area contributed by atoms with E-state index in [2.05, 4.69) is 19.1 Å². The van der Waals surface area contributed by atoms with Crippen LogP contribution in [0.2, 0.25) is 5.02 Å². The molecule has 136 valence electrons. The summed E-state index contributed by atoms with van der Waals surface area (Å²) in [5.41, 5.74) is 1.23. The lowest BCUT2D eigenvalue weighted by molar-refractivity contribution is 0.318. The van der Waals surface area contributed by atoms with Crippen LogP contribution in [-0.4, -0.2) is 25.3 Å². The van der Waals surface area contributed by atoms with Gasteiger partial charge in [-0.15, -0.1) is 0 Å². The van der Waals surface area contributed by atoms with Crippen LogP contribution >= 0.6 is 11.6 Å². The maximum atomic E-state index is 13.1. The minimum absolute atomic E-state index is 0.0522. The highest BCUT2D eigenvalue weighted by molar-refractivity contribution is 7.89. The second-order valence-electron chi connectivity index (χ2n) is 6.43. The molecule has 25 heavy (non-hydrogen) atoms. The van der Waals surface area contributed by atoms with Crippen molar-refractivity contribution in [1.82, 2.24) is 4.31 Å². The van der Waals surface area contributed by atoms with Gasteiger partial charge in [0.15, 0.2) is 0 Å². The monoisotopic (exact) mass is 379 g/mol. The van der Waals surface area contributed by atoms with Crippen LogP contribution in [-0.2, 0) is 10.0 Å². The molecule has 0 amide bonds. The van der Waals surface area contributed by atoms with E-state index in [1.54, 1.807) is 28.6 Å². The first-order valence-electron chi connectivity index (χ1n) is 8.68. The Morgan fingerprint density at radius 2 is 1.60 bits per heavy atom. The summed E-state index contributed by atoms with van der Waals surface area (Å²) in [6, 6.07) is 16.5. The smallest absolute Gasteiger partial charge is 0.207 e. The van der Waals surface area contributed by atoms with E-state index in [0.717, 1.165) is 12.8 Å². The fourth-order valence-electron chi connectivity index (χ4n) is 2.79. The number of hydrogen-bond acceptors (Lipinski definition) is 2. The summed E-state index contributed by atoms with van der Waals surface area (Å²) in [5, 5.41) is 0.534. The number of halogens is 1. The van der Waals surface area contributed by atoms with E-state index >= 15 is 0 Å². The molecule has 0 aromatic heterocycles. The number of nitrogens with zero attached hydrogens (tertiary/aromatic N) is 1. The molecule has 0 fully saturated rings. The molecular weight excluding hydrogens is 354 g/mol. The molecule has 2 atom stereocenters. The third-order valence-corrected chi connectivity index (χ3v) is 6.93. The molecule has 0 aliphatic carbocycles. The molecular formula is C20H26ClNO2S. The van der Waals surface area contributed by atoms with Crippen LogP contribution in [0.5, 0.6) is 0 Å². The average molecular weight is 380 g/mol. The topological polar surface area (TPSA) is 37.4 Å². The molecule has 0 spiro atoms. The second kappa shape index (κ2) is 8.84. The highest BCUT2D eigenvalue weighted by atomic mass is 35.5. The minimum atomic E-state index is -3.53. The molecule has 0 unspecified atom stereocenters. The van der Waals surface area contributed by atoms with Crippen molar-refractivity contribution in [2.75, 3.05) is 6.54 Å². The van der Waals surface area contributed by atoms with Crippen molar-refractivity contribution in [3.8, 4) is 0 Å². The Bertz CT molecular complexity index is 760. The molecule has 0 saturated heterocycles. The summed E-state index contributed by atoms with van der Waals surface area (Å²) in [6.45, 7) is 6.60. The molecule has 0 saturated carbocycles. The predicted molar refractivity (Wildman–Crippen MR) is 105 cm³/mol. The predicted octanol–water partition coefficient (Wildman–Crippen LogP) is 5.32. The van der Waals surface area contributed by atoms with Gasteiger partial charge < -0.3 is 0 Å². The number of hydrogen-bond donors (Lipinski definition) is 0. The maximum absolute atomic E-state index is 13.1. The normalized spacial score (nSPS) is 14.4. The van der Waals surface area contributed by atoms with Gasteiger partial charge in [-0.2, -0.15) is 4.31 Å². The van der Waals surface area contributed by atoms with Gasteiger partial charge in [-0.3, -0.25) is 0 Å². The quantitative estimate of drug-likeness (QED) is 0.622. The molecule has 2 aromatic carbocycles. The third-order valence-electron chi connectivity index (χ3n) is 4.65. The minimum Gasteiger partial charge on any atom is -0.207 e. The molecule has 2 aromatic rings. The van der Waals surface area contributed by atoms with Crippen molar-refractivity contribution in [3.63, 3.8) is 0 Å². The van der Waals surface area contributed by atoms with E-state index in [1.807, 2.05) is 32.0 Å². The van der Waals surface area contributed by atoms with E-state index < -0.39 is 10.0 Å². The van der Waals surface area contributed by atoms with Gasteiger partial charge in [-0.25, -0.2) is 8.42 Å². The zero-order valence-electron chi connectivity index (χ0n) is 15.0. The molecule has 3 nitrogen and oxygen atoms in total.